The minimum absolute atomic E-state index is 0.249. The molecule has 0 unspecified atom stereocenters. The molecule has 96 valence electrons. The van der Waals surface area contributed by atoms with Crippen LogP contribution < -0.4 is 4.74 Å². The Kier molecular flexibility index (Phi) is 3.28. The number of rotatable bonds is 3. The van der Waals surface area contributed by atoms with Crippen molar-refractivity contribution < 1.29 is 18.7 Å². The zero-order valence-electron chi connectivity index (χ0n) is 11.0. The summed E-state index contributed by atoms with van der Waals surface area (Å²) < 4.78 is 15.9. The van der Waals surface area contributed by atoms with Gasteiger partial charge in [0.2, 0.25) is 5.76 Å². The number of ether oxygens (including phenoxy) is 2. The smallest absolute Gasteiger partial charge is 0.374 e. The second-order valence-corrected chi connectivity index (χ2v) is 4.07. The molecule has 0 aliphatic carbocycles. The lowest BCUT2D eigenvalue weighted by atomic mass is 10.1. The first-order valence-corrected chi connectivity index (χ1v) is 5.84. The van der Waals surface area contributed by atoms with Crippen molar-refractivity contribution in [1.29, 1.82) is 0 Å². The number of methoxy groups -OCH3 is 1. The molecule has 4 heteroatoms. The highest BCUT2D eigenvalue weighted by molar-refractivity contribution is 5.99. The fourth-order valence-corrected chi connectivity index (χ4v) is 2.01. The molecule has 2 rings (SSSR count). The predicted octanol–water partition coefficient (Wildman–Crippen LogP) is 3.23. The minimum atomic E-state index is -0.437. The summed E-state index contributed by atoms with van der Waals surface area (Å²) in [7, 11) is 1.60. The lowest BCUT2D eigenvalue weighted by Gasteiger charge is -2.03. The summed E-state index contributed by atoms with van der Waals surface area (Å²) in [6.07, 6.45) is 0. The maximum absolute atomic E-state index is 11.8. The normalized spacial score (nSPS) is 10.7. The van der Waals surface area contributed by atoms with Crippen LogP contribution in [0.1, 0.15) is 28.6 Å². The number of furan rings is 1. The molecule has 0 atom stereocenters. The zero-order valence-corrected chi connectivity index (χ0v) is 11.0. The molecule has 0 spiro atoms. The number of carbonyl (C=O) groups is 1. The van der Waals surface area contributed by atoms with Crippen LogP contribution in [0.4, 0.5) is 0 Å². The number of esters is 1. The lowest BCUT2D eigenvalue weighted by molar-refractivity contribution is 0.0491. The average molecular weight is 248 g/mol. The van der Waals surface area contributed by atoms with Crippen molar-refractivity contribution >= 4 is 16.9 Å². The summed E-state index contributed by atoms with van der Waals surface area (Å²) in [5.41, 5.74) is 2.39. The Morgan fingerprint density at radius 3 is 2.67 bits per heavy atom. The second-order valence-electron chi connectivity index (χ2n) is 4.07. The highest BCUT2D eigenvalue weighted by Crippen LogP contribution is 2.35. The Labute approximate surface area is 105 Å². The molecule has 2 aromatic rings. The van der Waals surface area contributed by atoms with E-state index in [-0.39, 0.29) is 5.76 Å². The summed E-state index contributed by atoms with van der Waals surface area (Å²) >= 11 is 0. The van der Waals surface area contributed by atoms with Crippen LogP contribution in [0.3, 0.4) is 0 Å². The van der Waals surface area contributed by atoms with Crippen LogP contribution in [0, 0.1) is 13.8 Å². The Hall–Kier alpha value is -1.97. The van der Waals surface area contributed by atoms with Crippen molar-refractivity contribution in [3.8, 4) is 5.75 Å². The topological polar surface area (TPSA) is 48.7 Å². The SMILES string of the molecule is CCOC(=O)c1oc2c(C)ccc(OC)c2c1C. The average Bonchev–Trinajstić information content (AvgIpc) is 2.70. The van der Waals surface area contributed by atoms with Gasteiger partial charge in [-0.15, -0.1) is 0 Å². The van der Waals surface area contributed by atoms with Gasteiger partial charge in [-0.2, -0.15) is 0 Å². The molecule has 0 amide bonds. The summed E-state index contributed by atoms with van der Waals surface area (Å²) in [6, 6.07) is 3.77. The number of hydrogen-bond donors (Lipinski definition) is 0. The van der Waals surface area contributed by atoms with E-state index in [2.05, 4.69) is 0 Å². The van der Waals surface area contributed by atoms with Crippen molar-refractivity contribution in [2.75, 3.05) is 13.7 Å². The van der Waals surface area contributed by atoms with Gasteiger partial charge in [-0.05, 0) is 32.4 Å². The first-order valence-electron chi connectivity index (χ1n) is 5.84. The molecule has 0 fully saturated rings. The van der Waals surface area contributed by atoms with Crippen LogP contribution in [0.15, 0.2) is 16.5 Å². The summed E-state index contributed by atoms with van der Waals surface area (Å²) in [4.78, 5) is 11.8. The highest BCUT2D eigenvalue weighted by Gasteiger charge is 2.22. The van der Waals surface area contributed by atoms with E-state index in [0.29, 0.717) is 17.9 Å². The maximum Gasteiger partial charge on any atom is 0.374 e. The van der Waals surface area contributed by atoms with Gasteiger partial charge in [0, 0.05) is 5.56 Å². The van der Waals surface area contributed by atoms with Gasteiger partial charge in [-0.3, -0.25) is 0 Å². The molecule has 1 aromatic carbocycles. The van der Waals surface area contributed by atoms with Gasteiger partial charge in [-0.1, -0.05) is 6.07 Å². The van der Waals surface area contributed by atoms with Gasteiger partial charge in [0.05, 0.1) is 19.1 Å². The van der Waals surface area contributed by atoms with Gasteiger partial charge >= 0.3 is 5.97 Å². The quantitative estimate of drug-likeness (QED) is 0.782. The standard InChI is InChI=1S/C14H16O4/c1-5-17-14(15)13-9(3)11-10(16-4)7-6-8(2)12(11)18-13/h6-7H,5H2,1-4H3. The van der Waals surface area contributed by atoms with E-state index >= 15 is 0 Å². The van der Waals surface area contributed by atoms with E-state index in [1.807, 2.05) is 26.0 Å². The number of aryl methyl sites for hydroxylation is 2. The van der Waals surface area contributed by atoms with E-state index in [4.69, 9.17) is 13.9 Å². The first kappa shape index (κ1) is 12.5. The van der Waals surface area contributed by atoms with E-state index in [1.165, 1.54) is 0 Å². The van der Waals surface area contributed by atoms with Crippen molar-refractivity contribution in [1.82, 2.24) is 0 Å². The lowest BCUT2D eigenvalue weighted by Crippen LogP contribution is -2.04. The fraction of sp³-hybridized carbons (Fsp3) is 0.357. The van der Waals surface area contributed by atoms with Crippen molar-refractivity contribution in [2.24, 2.45) is 0 Å². The van der Waals surface area contributed by atoms with Crippen LogP contribution in [0.25, 0.3) is 11.0 Å². The van der Waals surface area contributed by atoms with Gasteiger partial charge < -0.3 is 13.9 Å². The van der Waals surface area contributed by atoms with E-state index in [1.54, 1.807) is 14.0 Å². The largest absolute Gasteiger partial charge is 0.496 e. The van der Waals surface area contributed by atoms with Crippen LogP contribution in [-0.4, -0.2) is 19.7 Å². The maximum atomic E-state index is 11.8. The summed E-state index contributed by atoms with van der Waals surface area (Å²) in [5, 5.41) is 0.834. The molecular weight excluding hydrogens is 232 g/mol. The van der Waals surface area contributed by atoms with Crippen molar-refractivity contribution in [3.63, 3.8) is 0 Å². The third kappa shape index (κ3) is 1.83. The summed E-state index contributed by atoms with van der Waals surface area (Å²) in [6.45, 7) is 5.85. The monoisotopic (exact) mass is 248 g/mol. The molecule has 0 saturated carbocycles. The molecule has 1 heterocycles. The molecule has 18 heavy (non-hydrogen) atoms. The number of hydrogen-bond acceptors (Lipinski definition) is 4. The van der Waals surface area contributed by atoms with Crippen molar-refractivity contribution in [2.45, 2.75) is 20.8 Å². The number of fused-ring (bicyclic) bond motifs is 1. The highest BCUT2D eigenvalue weighted by atomic mass is 16.5. The van der Waals surface area contributed by atoms with Crippen LogP contribution in [0.2, 0.25) is 0 Å². The van der Waals surface area contributed by atoms with Gasteiger partial charge in [0.25, 0.3) is 0 Å². The Balaban J connectivity index is 2.69. The predicted molar refractivity (Wildman–Crippen MR) is 68.2 cm³/mol. The van der Waals surface area contributed by atoms with E-state index in [0.717, 1.165) is 16.5 Å². The Morgan fingerprint density at radius 1 is 1.33 bits per heavy atom. The molecule has 0 saturated heterocycles. The molecule has 0 aliphatic rings. The first-order chi connectivity index (χ1) is 8.60. The van der Waals surface area contributed by atoms with Crippen molar-refractivity contribution in [3.05, 3.63) is 29.0 Å². The van der Waals surface area contributed by atoms with Gasteiger partial charge in [0.1, 0.15) is 11.3 Å². The minimum Gasteiger partial charge on any atom is -0.496 e. The van der Waals surface area contributed by atoms with Crippen LogP contribution in [0.5, 0.6) is 5.75 Å². The van der Waals surface area contributed by atoms with Gasteiger partial charge in [-0.25, -0.2) is 4.79 Å². The molecule has 4 nitrogen and oxygen atoms in total. The number of carbonyl (C=O) groups excluding carboxylic acids is 1. The third-order valence-electron chi connectivity index (χ3n) is 2.92. The van der Waals surface area contributed by atoms with E-state index < -0.39 is 5.97 Å². The Bertz CT molecular complexity index is 595. The molecule has 0 N–H and O–H groups in total. The fourth-order valence-electron chi connectivity index (χ4n) is 2.01. The van der Waals surface area contributed by atoms with Crippen LogP contribution in [-0.2, 0) is 4.74 Å². The molecule has 0 bridgehead atoms. The molecule has 0 aliphatic heterocycles. The molecular formula is C14H16O4. The zero-order chi connectivity index (χ0) is 13.3. The third-order valence-corrected chi connectivity index (χ3v) is 2.92. The molecule has 0 radical (unpaired) electrons. The van der Waals surface area contributed by atoms with Gasteiger partial charge in [0.15, 0.2) is 0 Å². The Morgan fingerprint density at radius 2 is 2.06 bits per heavy atom. The molecule has 1 aromatic heterocycles. The number of benzene rings is 1. The van der Waals surface area contributed by atoms with Crippen LogP contribution >= 0.6 is 0 Å². The summed E-state index contributed by atoms with van der Waals surface area (Å²) in [5.74, 6) is 0.513. The second kappa shape index (κ2) is 4.72. The van der Waals surface area contributed by atoms with E-state index in [9.17, 15) is 4.79 Å².